The average molecular weight is 419 g/mol. The van der Waals surface area contributed by atoms with Crippen LogP contribution in [0.1, 0.15) is 23.6 Å². The lowest BCUT2D eigenvalue weighted by Gasteiger charge is -2.31. The number of carbonyl (C=O) groups excluding carboxylic acids is 2. The maximum Gasteiger partial charge on any atom is 0.243 e. The summed E-state index contributed by atoms with van der Waals surface area (Å²) in [6.07, 6.45) is 0.488. The Hall–Kier alpha value is -3.47. The lowest BCUT2D eigenvalue weighted by Crippen LogP contribution is -2.51. The number of hydrogen-bond donors (Lipinski definition) is 1. The van der Waals surface area contributed by atoms with Crippen LogP contribution in [0.2, 0.25) is 0 Å². The van der Waals surface area contributed by atoms with Gasteiger partial charge in [0.1, 0.15) is 11.9 Å². The first-order valence-corrected chi connectivity index (χ1v) is 10.5. The van der Waals surface area contributed by atoms with Gasteiger partial charge in [0.25, 0.3) is 0 Å². The summed E-state index contributed by atoms with van der Waals surface area (Å²) in [6.45, 7) is 2.31. The van der Waals surface area contributed by atoms with E-state index in [1.54, 1.807) is 18.2 Å². The number of halogens is 1. The fourth-order valence-electron chi connectivity index (χ4n) is 3.53. The zero-order valence-electron chi connectivity index (χ0n) is 17.6. The highest BCUT2D eigenvalue weighted by molar-refractivity contribution is 5.88. The standard InChI is InChI=1S/C26H27FN2O2/c1-2-28-26(31)24(17-20-11-5-3-6-12-20)29(19-22-15-9-10-16-23(22)27)25(30)18-21-13-7-4-8-14-21/h3-16,24H,2,17-19H2,1H3,(H,28,31)/t24-/m1/s1. The summed E-state index contributed by atoms with van der Waals surface area (Å²) in [4.78, 5) is 27.9. The minimum Gasteiger partial charge on any atom is -0.355 e. The van der Waals surface area contributed by atoms with Gasteiger partial charge in [-0.05, 0) is 24.1 Å². The van der Waals surface area contributed by atoms with Gasteiger partial charge in [-0.3, -0.25) is 9.59 Å². The fourth-order valence-corrected chi connectivity index (χ4v) is 3.53. The van der Waals surface area contributed by atoms with Gasteiger partial charge in [-0.25, -0.2) is 4.39 Å². The van der Waals surface area contributed by atoms with E-state index in [1.807, 2.05) is 67.6 Å². The van der Waals surface area contributed by atoms with Gasteiger partial charge in [0, 0.05) is 25.1 Å². The molecule has 0 aliphatic rings. The number of nitrogens with one attached hydrogen (secondary N) is 1. The summed E-state index contributed by atoms with van der Waals surface area (Å²) in [5.74, 6) is -0.861. The number of rotatable bonds is 9. The van der Waals surface area contributed by atoms with Crippen molar-refractivity contribution in [3.05, 3.63) is 107 Å². The highest BCUT2D eigenvalue weighted by atomic mass is 19.1. The molecule has 0 heterocycles. The molecule has 0 saturated heterocycles. The number of nitrogens with zero attached hydrogens (tertiary/aromatic N) is 1. The molecule has 0 spiro atoms. The van der Waals surface area contributed by atoms with Gasteiger partial charge >= 0.3 is 0 Å². The molecule has 0 aliphatic carbocycles. The maximum absolute atomic E-state index is 14.4. The van der Waals surface area contributed by atoms with E-state index in [0.717, 1.165) is 11.1 Å². The van der Waals surface area contributed by atoms with E-state index >= 15 is 0 Å². The molecule has 0 radical (unpaired) electrons. The van der Waals surface area contributed by atoms with E-state index in [1.165, 1.54) is 11.0 Å². The van der Waals surface area contributed by atoms with E-state index < -0.39 is 11.9 Å². The van der Waals surface area contributed by atoms with E-state index in [0.29, 0.717) is 18.5 Å². The number of likely N-dealkylation sites (N-methyl/N-ethyl adjacent to an activating group) is 1. The molecule has 0 fully saturated rings. The minimum absolute atomic E-state index is 0.0208. The lowest BCUT2D eigenvalue weighted by molar-refractivity contribution is -0.140. The Morgan fingerprint density at radius 1 is 0.871 bits per heavy atom. The monoisotopic (exact) mass is 418 g/mol. The van der Waals surface area contributed by atoms with Crippen molar-refractivity contribution in [2.45, 2.75) is 32.4 Å². The summed E-state index contributed by atoms with van der Waals surface area (Å²) in [5, 5.41) is 2.84. The van der Waals surface area contributed by atoms with Crippen LogP contribution >= 0.6 is 0 Å². The third-order valence-corrected chi connectivity index (χ3v) is 5.12. The maximum atomic E-state index is 14.4. The summed E-state index contributed by atoms with van der Waals surface area (Å²) >= 11 is 0. The Morgan fingerprint density at radius 3 is 2.06 bits per heavy atom. The molecule has 0 bridgehead atoms. The number of hydrogen-bond acceptors (Lipinski definition) is 2. The zero-order chi connectivity index (χ0) is 22.1. The van der Waals surface area contributed by atoms with Crippen molar-refractivity contribution in [1.82, 2.24) is 10.2 Å². The Labute approximate surface area is 182 Å². The van der Waals surface area contributed by atoms with Crippen LogP contribution in [0.25, 0.3) is 0 Å². The Balaban J connectivity index is 1.95. The van der Waals surface area contributed by atoms with Crippen LogP contribution in [-0.2, 0) is 29.0 Å². The molecule has 1 atom stereocenters. The smallest absolute Gasteiger partial charge is 0.243 e. The molecule has 5 heteroatoms. The van der Waals surface area contributed by atoms with Crippen LogP contribution in [0, 0.1) is 5.82 Å². The first-order chi connectivity index (χ1) is 15.1. The van der Waals surface area contributed by atoms with Crippen LogP contribution in [0.15, 0.2) is 84.9 Å². The lowest BCUT2D eigenvalue weighted by atomic mass is 10.0. The molecule has 3 aromatic rings. The molecule has 0 aromatic heterocycles. The van der Waals surface area contributed by atoms with Gasteiger partial charge in [-0.1, -0.05) is 78.9 Å². The Bertz CT molecular complexity index is 993. The molecule has 160 valence electrons. The molecule has 2 amide bonds. The minimum atomic E-state index is -0.752. The topological polar surface area (TPSA) is 49.4 Å². The molecule has 31 heavy (non-hydrogen) atoms. The van der Waals surface area contributed by atoms with Crippen molar-refractivity contribution in [1.29, 1.82) is 0 Å². The summed E-state index contributed by atoms with van der Waals surface area (Å²) in [5.41, 5.74) is 2.16. The van der Waals surface area contributed by atoms with Gasteiger partial charge in [-0.2, -0.15) is 0 Å². The van der Waals surface area contributed by atoms with Gasteiger partial charge in [0.05, 0.1) is 6.42 Å². The van der Waals surface area contributed by atoms with Crippen molar-refractivity contribution in [3.63, 3.8) is 0 Å². The molecular formula is C26H27FN2O2. The van der Waals surface area contributed by atoms with E-state index in [4.69, 9.17) is 0 Å². The second-order valence-corrected chi connectivity index (χ2v) is 7.38. The van der Waals surface area contributed by atoms with E-state index in [9.17, 15) is 14.0 Å². The van der Waals surface area contributed by atoms with Gasteiger partial charge < -0.3 is 10.2 Å². The van der Waals surface area contributed by atoms with Crippen LogP contribution in [0.3, 0.4) is 0 Å². The van der Waals surface area contributed by atoms with E-state index in [-0.39, 0.29) is 24.8 Å². The van der Waals surface area contributed by atoms with Crippen LogP contribution < -0.4 is 5.32 Å². The first-order valence-electron chi connectivity index (χ1n) is 10.5. The average Bonchev–Trinajstić information content (AvgIpc) is 2.79. The zero-order valence-corrected chi connectivity index (χ0v) is 17.6. The van der Waals surface area contributed by atoms with Gasteiger partial charge in [0.2, 0.25) is 11.8 Å². The largest absolute Gasteiger partial charge is 0.355 e. The van der Waals surface area contributed by atoms with Crippen LogP contribution in [0.5, 0.6) is 0 Å². The molecule has 3 rings (SSSR count). The summed E-state index contributed by atoms with van der Waals surface area (Å²) in [7, 11) is 0. The summed E-state index contributed by atoms with van der Waals surface area (Å²) in [6, 6.07) is 24.5. The van der Waals surface area contributed by atoms with Crippen molar-refractivity contribution >= 4 is 11.8 Å². The summed E-state index contributed by atoms with van der Waals surface area (Å²) < 4.78 is 14.4. The molecular weight excluding hydrogens is 391 g/mol. The van der Waals surface area contributed by atoms with Crippen molar-refractivity contribution in [2.24, 2.45) is 0 Å². The number of amides is 2. The third-order valence-electron chi connectivity index (χ3n) is 5.12. The third kappa shape index (κ3) is 6.25. The molecule has 0 saturated carbocycles. The van der Waals surface area contributed by atoms with Crippen molar-refractivity contribution in [3.8, 4) is 0 Å². The van der Waals surface area contributed by atoms with E-state index in [2.05, 4.69) is 5.32 Å². The normalized spacial score (nSPS) is 11.5. The Kier molecular flexibility index (Phi) is 7.93. The highest BCUT2D eigenvalue weighted by Gasteiger charge is 2.30. The van der Waals surface area contributed by atoms with Gasteiger partial charge in [0.15, 0.2) is 0 Å². The predicted octanol–water partition coefficient (Wildman–Crippen LogP) is 4.14. The number of benzene rings is 3. The molecule has 1 N–H and O–H groups in total. The highest BCUT2D eigenvalue weighted by Crippen LogP contribution is 2.18. The SMILES string of the molecule is CCNC(=O)[C@@H](Cc1ccccc1)N(Cc1ccccc1F)C(=O)Cc1ccccc1. The van der Waals surface area contributed by atoms with Crippen molar-refractivity contribution in [2.75, 3.05) is 6.54 Å². The predicted molar refractivity (Wildman–Crippen MR) is 120 cm³/mol. The molecule has 0 aliphatic heterocycles. The molecule has 0 unspecified atom stereocenters. The second-order valence-electron chi connectivity index (χ2n) is 7.38. The molecule has 4 nitrogen and oxygen atoms in total. The van der Waals surface area contributed by atoms with Crippen LogP contribution in [0.4, 0.5) is 4.39 Å². The Morgan fingerprint density at radius 2 is 1.45 bits per heavy atom. The number of carbonyl (C=O) groups is 2. The van der Waals surface area contributed by atoms with Crippen LogP contribution in [-0.4, -0.2) is 29.3 Å². The molecule has 3 aromatic carbocycles. The quantitative estimate of drug-likeness (QED) is 0.568. The van der Waals surface area contributed by atoms with Gasteiger partial charge in [-0.15, -0.1) is 0 Å². The second kappa shape index (κ2) is 11.1. The first kappa shape index (κ1) is 22.2. The fraction of sp³-hybridized carbons (Fsp3) is 0.231. The van der Waals surface area contributed by atoms with Crippen molar-refractivity contribution < 1.29 is 14.0 Å².